The Morgan fingerprint density at radius 3 is 2.79 bits per heavy atom. The Hall–Kier alpha value is -1.71. The first kappa shape index (κ1) is 13.7. The number of methoxy groups -OCH3 is 1. The minimum absolute atomic E-state index is 0.0206. The highest BCUT2D eigenvalue weighted by Gasteiger charge is 2.30. The Morgan fingerprint density at radius 2 is 2.21 bits per heavy atom. The molecular weight excluding hydrogens is 240 g/mol. The molecule has 0 bridgehead atoms. The number of likely N-dealkylation sites (tertiary alicyclic amines) is 1. The summed E-state index contributed by atoms with van der Waals surface area (Å²) in [5, 5.41) is 0. The normalized spacial score (nSPS) is 18.9. The van der Waals surface area contributed by atoms with Crippen molar-refractivity contribution in [1.82, 2.24) is 4.90 Å². The zero-order chi connectivity index (χ0) is 14.0. The van der Waals surface area contributed by atoms with Crippen LogP contribution in [0, 0.1) is 11.8 Å². The first-order valence-corrected chi connectivity index (χ1v) is 6.76. The van der Waals surface area contributed by atoms with Crippen molar-refractivity contribution < 1.29 is 9.53 Å². The van der Waals surface area contributed by atoms with E-state index in [-0.39, 0.29) is 5.91 Å². The van der Waals surface area contributed by atoms with E-state index in [2.05, 4.69) is 13.8 Å². The first-order chi connectivity index (χ1) is 9.04. The summed E-state index contributed by atoms with van der Waals surface area (Å²) in [5.74, 6) is 1.71. The van der Waals surface area contributed by atoms with Gasteiger partial charge >= 0.3 is 0 Å². The van der Waals surface area contributed by atoms with Crippen LogP contribution in [0.5, 0.6) is 5.75 Å². The molecule has 1 aliphatic heterocycles. The predicted octanol–water partition coefficient (Wildman–Crippen LogP) is 2.40. The van der Waals surface area contributed by atoms with Crippen LogP contribution in [0.15, 0.2) is 18.2 Å². The van der Waals surface area contributed by atoms with Crippen molar-refractivity contribution in [1.29, 1.82) is 0 Å². The number of carbonyl (C=O) groups excluding carboxylic acids is 1. The summed E-state index contributed by atoms with van der Waals surface area (Å²) in [6.45, 7) is 6.06. The van der Waals surface area contributed by atoms with Gasteiger partial charge in [-0.25, -0.2) is 0 Å². The van der Waals surface area contributed by atoms with E-state index in [9.17, 15) is 4.79 Å². The number of rotatable bonds is 3. The molecule has 2 rings (SSSR count). The van der Waals surface area contributed by atoms with Crippen LogP contribution in [-0.2, 0) is 0 Å². The number of nitrogens with zero attached hydrogens (tertiary/aromatic N) is 1. The molecule has 2 N–H and O–H groups in total. The number of amides is 1. The Morgan fingerprint density at radius 1 is 1.47 bits per heavy atom. The van der Waals surface area contributed by atoms with Crippen LogP contribution < -0.4 is 10.5 Å². The third-order valence-electron chi connectivity index (χ3n) is 3.93. The number of anilines is 1. The van der Waals surface area contributed by atoms with Gasteiger partial charge in [-0.3, -0.25) is 4.79 Å². The summed E-state index contributed by atoms with van der Waals surface area (Å²) in [6.07, 6.45) is 1.08. The summed E-state index contributed by atoms with van der Waals surface area (Å²) < 4.78 is 5.26. The van der Waals surface area contributed by atoms with Gasteiger partial charge in [0.25, 0.3) is 5.91 Å². The maximum absolute atomic E-state index is 12.5. The van der Waals surface area contributed by atoms with Crippen LogP contribution in [0.25, 0.3) is 0 Å². The van der Waals surface area contributed by atoms with E-state index in [4.69, 9.17) is 10.5 Å². The summed E-state index contributed by atoms with van der Waals surface area (Å²) in [6, 6.07) is 5.32. The second-order valence-electron chi connectivity index (χ2n) is 5.47. The van der Waals surface area contributed by atoms with Crippen molar-refractivity contribution in [2.24, 2.45) is 11.8 Å². The Labute approximate surface area is 114 Å². The van der Waals surface area contributed by atoms with Gasteiger partial charge in [0.2, 0.25) is 0 Å². The maximum atomic E-state index is 12.5. The lowest BCUT2D eigenvalue weighted by atomic mass is 9.95. The van der Waals surface area contributed by atoms with Gasteiger partial charge in [-0.15, -0.1) is 0 Å². The highest BCUT2D eigenvalue weighted by Crippen LogP contribution is 2.30. The standard InChI is InChI=1S/C15H22N2O2/c1-10(2)11-7-8-17(9-11)15(18)12-5-4-6-13(16)14(12)19-3/h4-6,10-11H,7-9,16H2,1-3H3. The molecule has 1 aromatic carbocycles. The van der Waals surface area contributed by atoms with Gasteiger partial charge in [-0.2, -0.15) is 0 Å². The van der Waals surface area contributed by atoms with E-state index >= 15 is 0 Å². The van der Waals surface area contributed by atoms with Crippen LogP contribution in [0.4, 0.5) is 5.69 Å². The Kier molecular flexibility index (Phi) is 3.98. The topological polar surface area (TPSA) is 55.6 Å². The Bertz CT molecular complexity index is 471. The Balaban J connectivity index is 2.19. The highest BCUT2D eigenvalue weighted by atomic mass is 16.5. The first-order valence-electron chi connectivity index (χ1n) is 6.76. The lowest BCUT2D eigenvalue weighted by Crippen LogP contribution is -2.29. The molecule has 1 amide bonds. The fourth-order valence-electron chi connectivity index (χ4n) is 2.64. The molecule has 1 aliphatic rings. The molecule has 1 saturated heterocycles. The molecule has 4 nitrogen and oxygen atoms in total. The molecule has 0 saturated carbocycles. The van der Waals surface area contributed by atoms with Crippen LogP contribution in [0.3, 0.4) is 0 Å². The largest absolute Gasteiger partial charge is 0.494 e. The van der Waals surface area contributed by atoms with E-state index in [1.165, 1.54) is 0 Å². The molecule has 1 aromatic rings. The summed E-state index contributed by atoms with van der Waals surface area (Å²) >= 11 is 0. The zero-order valence-electron chi connectivity index (χ0n) is 11.8. The number of para-hydroxylation sites is 1. The van der Waals surface area contributed by atoms with Crippen LogP contribution in [0.2, 0.25) is 0 Å². The van der Waals surface area contributed by atoms with Gasteiger partial charge in [-0.1, -0.05) is 19.9 Å². The van der Waals surface area contributed by atoms with Crippen molar-refractivity contribution in [3.05, 3.63) is 23.8 Å². The maximum Gasteiger partial charge on any atom is 0.257 e. The van der Waals surface area contributed by atoms with Crippen molar-refractivity contribution in [3.63, 3.8) is 0 Å². The number of carbonyl (C=O) groups is 1. The molecule has 1 heterocycles. The van der Waals surface area contributed by atoms with Crippen LogP contribution >= 0.6 is 0 Å². The lowest BCUT2D eigenvalue weighted by molar-refractivity contribution is 0.0781. The summed E-state index contributed by atoms with van der Waals surface area (Å²) in [4.78, 5) is 14.4. The van der Waals surface area contributed by atoms with Crippen LogP contribution in [0.1, 0.15) is 30.6 Å². The SMILES string of the molecule is COc1c(N)cccc1C(=O)N1CCC(C(C)C)C1. The number of nitrogen functional groups attached to an aromatic ring is 1. The van der Waals surface area contributed by atoms with Gasteiger partial charge < -0.3 is 15.4 Å². The second-order valence-corrected chi connectivity index (χ2v) is 5.47. The number of ether oxygens (including phenoxy) is 1. The zero-order valence-corrected chi connectivity index (χ0v) is 11.8. The van der Waals surface area contributed by atoms with E-state index < -0.39 is 0 Å². The van der Waals surface area contributed by atoms with Crippen molar-refractivity contribution in [2.75, 3.05) is 25.9 Å². The molecule has 0 aliphatic carbocycles. The molecule has 104 valence electrons. The molecule has 0 radical (unpaired) electrons. The number of benzene rings is 1. The summed E-state index contributed by atoms with van der Waals surface area (Å²) in [7, 11) is 1.55. The fourth-order valence-corrected chi connectivity index (χ4v) is 2.64. The molecule has 0 spiro atoms. The molecule has 0 aromatic heterocycles. The smallest absolute Gasteiger partial charge is 0.257 e. The molecule has 1 fully saturated rings. The number of hydrogen-bond donors (Lipinski definition) is 1. The third kappa shape index (κ3) is 2.67. The van der Waals surface area contributed by atoms with Gasteiger partial charge in [0.15, 0.2) is 5.75 Å². The summed E-state index contributed by atoms with van der Waals surface area (Å²) in [5.41, 5.74) is 6.92. The van der Waals surface area contributed by atoms with E-state index in [1.807, 2.05) is 4.90 Å². The second kappa shape index (κ2) is 5.51. The van der Waals surface area contributed by atoms with Gasteiger partial charge in [0.1, 0.15) is 0 Å². The third-order valence-corrected chi connectivity index (χ3v) is 3.93. The van der Waals surface area contributed by atoms with Crippen molar-refractivity contribution in [2.45, 2.75) is 20.3 Å². The molecule has 19 heavy (non-hydrogen) atoms. The van der Waals surface area contributed by atoms with E-state index in [0.717, 1.165) is 19.5 Å². The van der Waals surface area contributed by atoms with Gasteiger partial charge in [0, 0.05) is 13.1 Å². The van der Waals surface area contributed by atoms with Crippen LogP contribution in [-0.4, -0.2) is 31.0 Å². The molecule has 4 heteroatoms. The lowest BCUT2D eigenvalue weighted by Gasteiger charge is -2.20. The monoisotopic (exact) mass is 262 g/mol. The van der Waals surface area contributed by atoms with E-state index in [1.54, 1.807) is 25.3 Å². The average molecular weight is 262 g/mol. The van der Waals surface area contributed by atoms with Crippen molar-refractivity contribution >= 4 is 11.6 Å². The van der Waals surface area contributed by atoms with Gasteiger partial charge in [0.05, 0.1) is 18.4 Å². The molecule has 1 atom stereocenters. The fraction of sp³-hybridized carbons (Fsp3) is 0.533. The highest BCUT2D eigenvalue weighted by molar-refractivity contribution is 5.98. The number of hydrogen-bond acceptors (Lipinski definition) is 3. The average Bonchev–Trinajstić information content (AvgIpc) is 2.87. The van der Waals surface area contributed by atoms with Crippen molar-refractivity contribution in [3.8, 4) is 5.75 Å². The quantitative estimate of drug-likeness (QED) is 0.851. The number of nitrogens with two attached hydrogens (primary N) is 1. The predicted molar refractivity (Wildman–Crippen MR) is 76.3 cm³/mol. The van der Waals surface area contributed by atoms with E-state index in [0.29, 0.717) is 28.8 Å². The molecule has 1 unspecified atom stereocenters. The minimum Gasteiger partial charge on any atom is -0.494 e. The van der Waals surface area contributed by atoms with Gasteiger partial charge in [-0.05, 0) is 30.4 Å². The minimum atomic E-state index is 0.0206. The molecular formula is C15H22N2O2.